The molecule has 4 unspecified atom stereocenters. The Morgan fingerprint density at radius 2 is 1.42 bits per heavy atom. The predicted molar refractivity (Wildman–Crippen MR) is 280 cm³/mol. The van der Waals surface area contributed by atoms with Crippen molar-refractivity contribution in [1.29, 1.82) is 0 Å². The summed E-state index contributed by atoms with van der Waals surface area (Å²) in [5.74, 6) is 2.34. The first-order chi connectivity index (χ1) is 33.0. The van der Waals surface area contributed by atoms with E-state index in [1.165, 1.54) is 102 Å². The third-order valence-electron chi connectivity index (χ3n) is 16.2. The van der Waals surface area contributed by atoms with Crippen LogP contribution in [0.3, 0.4) is 0 Å². The number of nitrogens with zero attached hydrogens (tertiary/aromatic N) is 4. The molecule has 4 atom stereocenters. The molecule has 0 amide bonds. The van der Waals surface area contributed by atoms with Crippen LogP contribution < -0.4 is 15.5 Å². The van der Waals surface area contributed by atoms with Crippen LogP contribution in [0.2, 0.25) is 0 Å². The van der Waals surface area contributed by atoms with Gasteiger partial charge in [-0.15, -0.1) is 0 Å². The average molecular weight is 871 g/mol. The van der Waals surface area contributed by atoms with E-state index >= 15 is 0 Å². The number of aliphatic imine (C=N–C) groups is 1. The molecule has 0 saturated carbocycles. The number of aromatic nitrogens is 1. The summed E-state index contributed by atoms with van der Waals surface area (Å²) in [5.41, 5.74) is 16.7. The highest BCUT2D eigenvalue weighted by Crippen LogP contribution is 2.53. The first-order valence-corrected chi connectivity index (χ1v) is 25.1. The summed E-state index contributed by atoms with van der Waals surface area (Å²) in [6, 6.07) is 41.2. The minimum atomic E-state index is -0.252. The lowest BCUT2D eigenvalue weighted by Gasteiger charge is -2.45. The van der Waals surface area contributed by atoms with E-state index in [-0.39, 0.29) is 11.6 Å². The van der Waals surface area contributed by atoms with Gasteiger partial charge in [-0.25, -0.2) is 4.99 Å². The second-order valence-electron chi connectivity index (χ2n) is 20.4. The fraction of sp³-hybridized carbons (Fsp3) is 0.270. The summed E-state index contributed by atoms with van der Waals surface area (Å²) in [6.45, 7) is 4.83. The van der Waals surface area contributed by atoms with E-state index in [1.54, 1.807) is 5.57 Å². The summed E-state index contributed by atoms with van der Waals surface area (Å²) >= 11 is 0. The maximum Gasteiger partial charge on any atom is 0.134 e. The standard InChI is InChI=1S/C63H58N4/c1-63(2)53-30-12-16-34-58(53)67(62-39-51(48-28-10-14-32-56(48)65-62)46-26-18-24-44(36-46)42-21-7-4-8-22-42)60-40-59-52(37-54(60)63)49-29-11-15-33-57(49)66(59)61-38-50(47-27-9-13-31-55(47)64-61)45-25-17-23-43(35-45)41-19-5-3-6-20-41/h5,7,10-16,18-22,24,26,28-38,40,45,47,50,62H,3-4,6,8-9,17,23,25,27,39H2,1-2H3. The Labute approximate surface area is 394 Å². The van der Waals surface area contributed by atoms with Crippen LogP contribution in [0.25, 0.3) is 38.8 Å². The molecule has 0 bridgehead atoms. The average Bonchev–Trinajstić information content (AvgIpc) is 3.71. The first-order valence-electron chi connectivity index (χ1n) is 25.1. The van der Waals surface area contributed by atoms with Crippen LogP contribution in [0.5, 0.6) is 0 Å². The van der Waals surface area contributed by atoms with Crippen molar-refractivity contribution >= 4 is 55.9 Å². The molecular weight excluding hydrogens is 813 g/mol. The molecule has 330 valence electrons. The minimum absolute atomic E-state index is 0.165. The van der Waals surface area contributed by atoms with Gasteiger partial charge in [-0.2, -0.15) is 0 Å². The second kappa shape index (κ2) is 16.2. The van der Waals surface area contributed by atoms with Crippen LogP contribution in [0.4, 0.5) is 11.4 Å². The quantitative estimate of drug-likeness (QED) is 0.164. The van der Waals surface area contributed by atoms with Crippen LogP contribution in [0.1, 0.15) is 100 Å². The van der Waals surface area contributed by atoms with Gasteiger partial charge in [-0.05, 0) is 163 Å². The largest absolute Gasteiger partial charge is 0.318 e. The molecule has 0 fully saturated rings. The second-order valence-corrected chi connectivity index (χ2v) is 20.4. The van der Waals surface area contributed by atoms with E-state index in [0.29, 0.717) is 17.8 Å². The van der Waals surface area contributed by atoms with Gasteiger partial charge in [-0.3, -0.25) is 9.56 Å². The zero-order valence-electron chi connectivity index (χ0n) is 38.8. The summed E-state index contributed by atoms with van der Waals surface area (Å²) in [6.07, 6.45) is 35.2. The van der Waals surface area contributed by atoms with Gasteiger partial charge in [0.25, 0.3) is 0 Å². The zero-order chi connectivity index (χ0) is 44.6. The van der Waals surface area contributed by atoms with E-state index in [0.717, 1.165) is 56.1 Å². The number of hydrogen-bond donors (Lipinski definition) is 0. The van der Waals surface area contributed by atoms with Crippen LogP contribution >= 0.6 is 0 Å². The van der Waals surface area contributed by atoms with Gasteiger partial charge in [-0.1, -0.05) is 135 Å². The number of anilines is 2. The van der Waals surface area contributed by atoms with Gasteiger partial charge in [0, 0.05) is 50.8 Å². The number of hydrogen-bond acceptors (Lipinski definition) is 3. The van der Waals surface area contributed by atoms with Crippen LogP contribution in [-0.2, 0) is 5.41 Å². The van der Waals surface area contributed by atoms with Crippen molar-refractivity contribution in [2.24, 2.45) is 27.7 Å². The Morgan fingerprint density at radius 1 is 0.627 bits per heavy atom. The van der Waals surface area contributed by atoms with E-state index in [4.69, 9.17) is 9.98 Å². The highest BCUT2D eigenvalue weighted by atomic mass is 15.3. The molecule has 5 aromatic carbocycles. The third-order valence-corrected chi connectivity index (χ3v) is 16.2. The molecule has 4 nitrogen and oxygen atoms in total. The van der Waals surface area contributed by atoms with Crippen molar-refractivity contribution in [2.45, 2.75) is 89.6 Å². The highest BCUT2D eigenvalue weighted by Gasteiger charge is 2.41. The topological polar surface area (TPSA) is 32.9 Å². The maximum absolute atomic E-state index is 5.71. The van der Waals surface area contributed by atoms with Gasteiger partial charge in [0.15, 0.2) is 0 Å². The molecule has 4 heterocycles. The van der Waals surface area contributed by atoms with Crippen molar-refractivity contribution in [1.82, 2.24) is 4.57 Å². The van der Waals surface area contributed by atoms with Crippen LogP contribution in [0, 0.1) is 17.8 Å². The Bertz CT molecular complexity index is 3430. The van der Waals surface area contributed by atoms with Crippen molar-refractivity contribution in [3.05, 3.63) is 214 Å². The van der Waals surface area contributed by atoms with Gasteiger partial charge in [0.1, 0.15) is 12.0 Å². The summed E-state index contributed by atoms with van der Waals surface area (Å²) < 4.78 is 2.51. The van der Waals surface area contributed by atoms with Crippen LogP contribution in [-0.4, -0.2) is 16.4 Å². The fourth-order valence-electron chi connectivity index (χ4n) is 12.8. The summed E-state index contributed by atoms with van der Waals surface area (Å²) in [7, 11) is 0. The molecule has 6 aromatic rings. The molecule has 1 aromatic heterocycles. The monoisotopic (exact) mass is 870 g/mol. The van der Waals surface area contributed by atoms with E-state index in [2.05, 4.69) is 193 Å². The highest BCUT2D eigenvalue weighted by molar-refractivity contribution is 6.13. The molecule has 67 heavy (non-hydrogen) atoms. The normalized spacial score (nSPS) is 23.8. The van der Waals surface area contributed by atoms with Gasteiger partial charge in [0.05, 0.1) is 16.4 Å². The molecule has 13 rings (SSSR count). The summed E-state index contributed by atoms with van der Waals surface area (Å²) in [5, 5.41) is 4.82. The molecule has 7 aliphatic rings. The van der Waals surface area contributed by atoms with Crippen molar-refractivity contribution in [2.75, 3.05) is 4.90 Å². The molecule has 0 radical (unpaired) electrons. The smallest absolute Gasteiger partial charge is 0.134 e. The molecule has 4 aliphatic carbocycles. The van der Waals surface area contributed by atoms with E-state index in [1.807, 2.05) is 0 Å². The number of benzene rings is 5. The van der Waals surface area contributed by atoms with E-state index < -0.39 is 0 Å². The van der Waals surface area contributed by atoms with Crippen LogP contribution in [0.15, 0.2) is 191 Å². The predicted octanol–water partition coefficient (Wildman–Crippen LogP) is 14.4. The van der Waals surface area contributed by atoms with Gasteiger partial charge < -0.3 is 4.90 Å². The number of para-hydroxylation sites is 3. The van der Waals surface area contributed by atoms with Gasteiger partial charge in [0.2, 0.25) is 0 Å². The maximum atomic E-state index is 5.71. The van der Waals surface area contributed by atoms with Crippen molar-refractivity contribution < 1.29 is 0 Å². The van der Waals surface area contributed by atoms with Crippen molar-refractivity contribution in [3.8, 4) is 0 Å². The Kier molecular flexibility index (Phi) is 9.81. The molecule has 0 saturated heterocycles. The fourth-order valence-corrected chi connectivity index (χ4v) is 12.8. The zero-order valence-corrected chi connectivity index (χ0v) is 38.8. The number of allylic oxidation sites excluding steroid dienone is 13. The molecule has 4 heteroatoms. The first kappa shape index (κ1) is 40.5. The molecule has 3 aliphatic heterocycles. The number of rotatable bonds is 6. The molecule has 0 N–H and O–H groups in total. The Morgan fingerprint density at radius 3 is 2.30 bits per heavy atom. The van der Waals surface area contributed by atoms with Crippen molar-refractivity contribution in [3.63, 3.8) is 0 Å². The SMILES string of the molecule is CC1(C)c2ccccc2N(C2CC(c3cccc(C4=CCCC=C4)c3)=c3ccccc3=N2)c2cc3c(cc21)c1ccccc1n3C1=CC(C2C=C(C3=CCCC=C3)CCC2)C2CCC=CC2=N1. The molecule has 0 spiro atoms. The summed E-state index contributed by atoms with van der Waals surface area (Å²) in [4.78, 5) is 14.0. The lowest BCUT2D eigenvalue weighted by atomic mass is 9.69. The van der Waals surface area contributed by atoms with Gasteiger partial charge >= 0.3 is 0 Å². The minimum Gasteiger partial charge on any atom is -0.318 e. The van der Waals surface area contributed by atoms with E-state index in [9.17, 15) is 0 Å². The lowest BCUT2D eigenvalue weighted by Crippen LogP contribution is -2.44. The lowest BCUT2D eigenvalue weighted by molar-refractivity contribution is 0.337. The molecular formula is C63H58N4. The Balaban J connectivity index is 0.994. The Hall–Kier alpha value is -6.78. The third kappa shape index (κ3) is 6.77. The number of fused-ring (bicyclic) bond motifs is 7.